The minimum absolute atomic E-state index is 0.136. The molecule has 0 aliphatic heterocycles. The van der Waals surface area contributed by atoms with E-state index in [4.69, 9.17) is 0 Å². The third-order valence-electron chi connectivity index (χ3n) is 4.03. The number of aromatic nitrogens is 1. The zero-order chi connectivity index (χ0) is 13.8. The maximum Gasteiger partial charge on any atom is 0.251 e. The second-order valence-corrected chi connectivity index (χ2v) is 5.71. The Hall–Kier alpha value is -1.58. The minimum Gasteiger partial charge on any atom is -0.349 e. The van der Waals surface area contributed by atoms with Crippen LogP contribution in [0.2, 0.25) is 0 Å². The van der Waals surface area contributed by atoms with E-state index in [9.17, 15) is 9.59 Å². The van der Waals surface area contributed by atoms with Crippen LogP contribution in [0.5, 0.6) is 0 Å². The molecule has 0 bridgehead atoms. The van der Waals surface area contributed by atoms with Gasteiger partial charge in [0.05, 0.1) is 0 Å². The highest BCUT2D eigenvalue weighted by atomic mass is 16.2. The van der Waals surface area contributed by atoms with E-state index < -0.39 is 0 Å². The predicted octanol–water partition coefficient (Wildman–Crippen LogP) is 2.32. The van der Waals surface area contributed by atoms with Crippen LogP contribution in [0.1, 0.15) is 49.9 Å². The van der Waals surface area contributed by atoms with Crippen LogP contribution in [-0.4, -0.2) is 16.9 Å². The van der Waals surface area contributed by atoms with Crippen LogP contribution in [-0.2, 0) is 0 Å². The number of pyridine rings is 1. The quantitative estimate of drug-likeness (QED) is 0.878. The van der Waals surface area contributed by atoms with E-state index in [0.29, 0.717) is 17.4 Å². The SMILES string of the molecule is CC(C)C1CCCCC1NC(=O)c1cc[nH]c(=O)c1. The lowest BCUT2D eigenvalue weighted by atomic mass is 9.78. The summed E-state index contributed by atoms with van der Waals surface area (Å²) in [6.07, 6.45) is 6.15. The summed E-state index contributed by atoms with van der Waals surface area (Å²) in [6, 6.07) is 3.23. The highest BCUT2D eigenvalue weighted by molar-refractivity contribution is 5.94. The highest BCUT2D eigenvalue weighted by Crippen LogP contribution is 2.30. The lowest BCUT2D eigenvalue weighted by Gasteiger charge is -2.34. The van der Waals surface area contributed by atoms with Crippen LogP contribution in [0.25, 0.3) is 0 Å². The van der Waals surface area contributed by atoms with Gasteiger partial charge in [-0.3, -0.25) is 9.59 Å². The standard InChI is InChI=1S/C15H22N2O2/c1-10(2)12-5-3-4-6-13(12)17-15(19)11-7-8-16-14(18)9-11/h7-10,12-13H,3-6H2,1-2H3,(H,16,18)(H,17,19). The lowest BCUT2D eigenvalue weighted by molar-refractivity contribution is 0.0889. The summed E-state index contributed by atoms with van der Waals surface area (Å²) in [6.45, 7) is 4.42. The fourth-order valence-electron chi connectivity index (χ4n) is 2.97. The van der Waals surface area contributed by atoms with Crippen LogP contribution in [0.3, 0.4) is 0 Å². The fraction of sp³-hybridized carbons (Fsp3) is 0.600. The molecular formula is C15H22N2O2. The number of nitrogens with one attached hydrogen (secondary N) is 2. The van der Waals surface area contributed by atoms with Crippen molar-refractivity contribution in [1.29, 1.82) is 0 Å². The topological polar surface area (TPSA) is 62.0 Å². The summed E-state index contributed by atoms with van der Waals surface area (Å²) in [5.74, 6) is 0.980. The van der Waals surface area contributed by atoms with Crippen LogP contribution < -0.4 is 10.9 Å². The van der Waals surface area contributed by atoms with Gasteiger partial charge >= 0.3 is 0 Å². The molecule has 1 amide bonds. The maximum absolute atomic E-state index is 12.2. The monoisotopic (exact) mass is 262 g/mol. The molecule has 4 nitrogen and oxygen atoms in total. The molecule has 19 heavy (non-hydrogen) atoms. The molecule has 0 aromatic carbocycles. The highest BCUT2D eigenvalue weighted by Gasteiger charge is 2.28. The number of hydrogen-bond donors (Lipinski definition) is 2. The summed E-state index contributed by atoms with van der Waals surface area (Å²) >= 11 is 0. The number of carbonyl (C=O) groups is 1. The molecule has 4 heteroatoms. The Labute approximate surface area is 113 Å². The van der Waals surface area contributed by atoms with E-state index >= 15 is 0 Å². The Morgan fingerprint density at radius 2 is 2.11 bits per heavy atom. The Morgan fingerprint density at radius 3 is 2.79 bits per heavy atom. The molecule has 0 spiro atoms. The summed E-state index contributed by atoms with van der Waals surface area (Å²) in [4.78, 5) is 25.9. The van der Waals surface area contributed by atoms with Gasteiger partial charge in [0.2, 0.25) is 5.56 Å². The van der Waals surface area contributed by atoms with Gasteiger partial charge < -0.3 is 10.3 Å². The van der Waals surface area contributed by atoms with Crippen molar-refractivity contribution < 1.29 is 4.79 Å². The summed E-state index contributed by atoms with van der Waals surface area (Å²) in [5, 5.41) is 3.10. The van der Waals surface area contributed by atoms with Gasteiger partial charge in [0.25, 0.3) is 5.91 Å². The molecule has 1 heterocycles. The second-order valence-electron chi connectivity index (χ2n) is 5.71. The van der Waals surface area contributed by atoms with Crippen molar-refractivity contribution in [2.45, 2.75) is 45.6 Å². The van der Waals surface area contributed by atoms with Gasteiger partial charge in [-0.1, -0.05) is 26.7 Å². The molecule has 1 aromatic heterocycles. The molecule has 0 radical (unpaired) electrons. The van der Waals surface area contributed by atoms with Gasteiger partial charge in [0.1, 0.15) is 0 Å². The predicted molar refractivity (Wildman–Crippen MR) is 75.1 cm³/mol. The Balaban J connectivity index is 2.07. The molecule has 2 N–H and O–H groups in total. The molecule has 2 atom stereocenters. The molecule has 2 rings (SSSR count). The number of rotatable bonds is 3. The maximum atomic E-state index is 12.2. The smallest absolute Gasteiger partial charge is 0.251 e. The van der Waals surface area contributed by atoms with Gasteiger partial charge in [-0.15, -0.1) is 0 Å². The number of carbonyl (C=O) groups excluding carboxylic acids is 1. The van der Waals surface area contributed by atoms with Crippen molar-refractivity contribution >= 4 is 5.91 Å². The lowest BCUT2D eigenvalue weighted by Crippen LogP contribution is -2.44. The summed E-state index contributed by atoms with van der Waals surface area (Å²) < 4.78 is 0. The van der Waals surface area contributed by atoms with E-state index in [1.165, 1.54) is 31.5 Å². The summed E-state index contributed by atoms with van der Waals surface area (Å²) in [7, 11) is 0. The van der Waals surface area contributed by atoms with Crippen molar-refractivity contribution in [2.75, 3.05) is 0 Å². The van der Waals surface area contributed by atoms with Gasteiger partial charge in [0, 0.05) is 23.9 Å². The second kappa shape index (κ2) is 6.04. The fourth-order valence-corrected chi connectivity index (χ4v) is 2.97. The average molecular weight is 262 g/mol. The van der Waals surface area contributed by atoms with E-state index in [2.05, 4.69) is 24.1 Å². The zero-order valence-electron chi connectivity index (χ0n) is 11.6. The molecule has 1 aliphatic rings. The zero-order valence-corrected chi connectivity index (χ0v) is 11.6. The average Bonchev–Trinajstić information content (AvgIpc) is 2.39. The van der Waals surface area contributed by atoms with E-state index in [1.54, 1.807) is 6.07 Å². The van der Waals surface area contributed by atoms with Gasteiger partial charge in [-0.2, -0.15) is 0 Å². The van der Waals surface area contributed by atoms with Crippen molar-refractivity contribution in [3.8, 4) is 0 Å². The normalized spacial score (nSPS) is 23.3. The molecule has 1 aliphatic carbocycles. The molecule has 0 saturated heterocycles. The van der Waals surface area contributed by atoms with Crippen LogP contribution in [0.4, 0.5) is 0 Å². The van der Waals surface area contributed by atoms with E-state index in [1.807, 2.05) is 0 Å². The molecule has 1 aromatic rings. The number of amides is 1. The number of H-pyrrole nitrogens is 1. The van der Waals surface area contributed by atoms with Gasteiger partial charge in [-0.05, 0) is 30.7 Å². The van der Waals surface area contributed by atoms with Crippen LogP contribution in [0, 0.1) is 11.8 Å². The molecule has 104 valence electrons. The van der Waals surface area contributed by atoms with Crippen molar-refractivity contribution in [3.05, 3.63) is 34.2 Å². The minimum atomic E-state index is -0.239. The van der Waals surface area contributed by atoms with E-state index in [-0.39, 0.29) is 17.5 Å². The number of hydrogen-bond acceptors (Lipinski definition) is 2. The van der Waals surface area contributed by atoms with Crippen molar-refractivity contribution in [3.63, 3.8) is 0 Å². The number of aromatic amines is 1. The molecular weight excluding hydrogens is 240 g/mol. The summed E-state index contributed by atoms with van der Waals surface area (Å²) in [5.41, 5.74) is 0.202. The first-order valence-corrected chi connectivity index (χ1v) is 7.07. The molecule has 2 unspecified atom stereocenters. The first kappa shape index (κ1) is 13.8. The first-order chi connectivity index (χ1) is 9.08. The van der Waals surface area contributed by atoms with E-state index in [0.717, 1.165) is 6.42 Å². The van der Waals surface area contributed by atoms with Crippen LogP contribution >= 0.6 is 0 Å². The van der Waals surface area contributed by atoms with Crippen molar-refractivity contribution in [2.24, 2.45) is 11.8 Å². The Bertz CT molecular complexity index is 493. The third kappa shape index (κ3) is 3.46. The van der Waals surface area contributed by atoms with Crippen LogP contribution in [0.15, 0.2) is 23.1 Å². The van der Waals surface area contributed by atoms with Gasteiger partial charge in [0.15, 0.2) is 0 Å². The Kier molecular flexibility index (Phi) is 4.40. The first-order valence-electron chi connectivity index (χ1n) is 7.07. The molecule has 1 fully saturated rings. The van der Waals surface area contributed by atoms with Crippen molar-refractivity contribution in [1.82, 2.24) is 10.3 Å². The largest absolute Gasteiger partial charge is 0.349 e. The van der Waals surface area contributed by atoms with Gasteiger partial charge in [-0.25, -0.2) is 0 Å². The molecule has 1 saturated carbocycles. The Morgan fingerprint density at radius 1 is 1.37 bits per heavy atom. The third-order valence-corrected chi connectivity index (χ3v) is 4.03.